The van der Waals surface area contributed by atoms with Gasteiger partial charge in [0.2, 0.25) is 10.0 Å². The first-order valence-electron chi connectivity index (χ1n) is 5.81. The highest BCUT2D eigenvalue weighted by atomic mass is 32.2. The fourth-order valence-corrected chi connectivity index (χ4v) is 3.64. The van der Waals surface area contributed by atoms with E-state index >= 15 is 0 Å². The molecule has 0 saturated carbocycles. The third-order valence-corrected chi connectivity index (χ3v) is 4.80. The minimum absolute atomic E-state index is 0.0912. The Morgan fingerprint density at radius 3 is 3.06 bits per heavy atom. The van der Waals surface area contributed by atoms with Crippen LogP contribution in [0, 0.1) is 0 Å². The van der Waals surface area contributed by atoms with Gasteiger partial charge in [-0.1, -0.05) is 0 Å². The molecule has 1 saturated heterocycles. The quantitative estimate of drug-likeness (QED) is 0.833. The molecule has 1 aromatic rings. The molecular formula is C11H17N3O3S. The summed E-state index contributed by atoms with van der Waals surface area (Å²) in [4.78, 5) is 4.21. The highest BCUT2D eigenvalue weighted by Crippen LogP contribution is 2.20. The molecule has 18 heavy (non-hydrogen) atoms. The van der Waals surface area contributed by atoms with E-state index < -0.39 is 10.0 Å². The van der Waals surface area contributed by atoms with Crippen LogP contribution in [-0.4, -0.2) is 43.5 Å². The summed E-state index contributed by atoms with van der Waals surface area (Å²) in [5.74, 6) is 0. The summed E-state index contributed by atoms with van der Waals surface area (Å²) in [5, 5.41) is 0. The Kier molecular flexibility index (Phi) is 3.96. The summed E-state index contributed by atoms with van der Waals surface area (Å²) in [6.45, 7) is 3.11. The van der Waals surface area contributed by atoms with Gasteiger partial charge in [0.1, 0.15) is 4.90 Å². The molecule has 6 nitrogen and oxygen atoms in total. The number of rotatable bonds is 3. The van der Waals surface area contributed by atoms with Crippen molar-refractivity contribution in [1.29, 1.82) is 0 Å². The molecule has 0 aromatic carbocycles. The van der Waals surface area contributed by atoms with Crippen LogP contribution in [0.2, 0.25) is 0 Å². The number of nitrogens with two attached hydrogens (primary N) is 1. The van der Waals surface area contributed by atoms with Crippen LogP contribution in [0.25, 0.3) is 0 Å². The molecule has 100 valence electrons. The summed E-state index contributed by atoms with van der Waals surface area (Å²) >= 11 is 0. The lowest BCUT2D eigenvalue weighted by molar-refractivity contribution is 0.0101. The Hall–Kier alpha value is -1.02. The maximum Gasteiger partial charge on any atom is 0.245 e. The lowest BCUT2D eigenvalue weighted by atomic mass is 10.3. The van der Waals surface area contributed by atoms with Crippen molar-refractivity contribution < 1.29 is 13.2 Å². The monoisotopic (exact) mass is 271 g/mol. The second-order valence-electron chi connectivity index (χ2n) is 4.20. The zero-order chi connectivity index (χ0) is 13.2. The first-order chi connectivity index (χ1) is 8.55. The molecule has 2 heterocycles. The van der Waals surface area contributed by atoms with E-state index in [1.807, 2.05) is 6.92 Å². The number of morpholine rings is 1. The van der Waals surface area contributed by atoms with Gasteiger partial charge in [0.25, 0.3) is 0 Å². The van der Waals surface area contributed by atoms with Gasteiger partial charge in [0.05, 0.1) is 18.4 Å². The maximum atomic E-state index is 12.5. The molecule has 0 amide bonds. The van der Waals surface area contributed by atoms with Crippen molar-refractivity contribution >= 4 is 10.0 Å². The number of hydrogen-bond donors (Lipinski definition) is 1. The minimum atomic E-state index is -3.53. The van der Waals surface area contributed by atoms with Gasteiger partial charge in [-0.3, -0.25) is 4.98 Å². The molecule has 0 spiro atoms. The van der Waals surface area contributed by atoms with Crippen LogP contribution in [0.15, 0.2) is 23.2 Å². The third kappa shape index (κ3) is 2.54. The summed E-state index contributed by atoms with van der Waals surface area (Å²) in [7, 11) is -3.53. The van der Waals surface area contributed by atoms with E-state index in [2.05, 4.69) is 4.98 Å². The van der Waals surface area contributed by atoms with Crippen LogP contribution in [0.1, 0.15) is 12.6 Å². The lowest BCUT2D eigenvalue weighted by Gasteiger charge is -2.30. The van der Waals surface area contributed by atoms with Crippen molar-refractivity contribution in [2.45, 2.75) is 24.5 Å². The van der Waals surface area contributed by atoms with Gasteiger partial charge in [-0.05, 0) is 19.1 Å². The number of pyridine rings is 1. The van der Waals surface area contributed by atoms with Gasteiger partial charge in [-0.2, -0.15) is 4.31 Å². The molecule has 0 bridgehead atoms. The topological polar surface area (TPSA) is 85.5 Å². The van der Waals surface area contributed by atoms with Crippen LogP contribution in [0.5, 0.6) is 0 Å². The maximum absolute atomic E-state index is 12.5. The van der Waals surface area contributed by atoms with Gasteiger partial charge in [0.15, 0.2) is 0 Å². The van der Waals surface area contributed by atoms with Crippen LogP contribution in [0.4, 0.5) is 0 Å². The summed E-state index contributed by atoms with van der Waals surface area (Å²) in [5.41, 5.74) is 5.93. The Morgan fingerprint density at radius 1 is 1.61 bits per heavy atom. The molecule has 1 atom stereocenters. The van der Waals surface area contributed by atoms with Crippen molar-refractivity contribution in [3.8, 4) is 0 Å². The standard InChI is InChI=1S/C11H17N3O3S/c1-9-8-14(5-6-17-9)18(15,16)11-3-2-4-13-10(11)7-12/h2-4,9H,5-8,12H2,1H3. The first-order valence-corrected chi connectivity index (χ1v) is 7.25. The smallest absolute Gasteiger partial charge is 0.245 e. The molecule has 2 N–H and O–H groups in total. The van der Waals surface area contributed by atoms with Gasteiger partial charge >= 0.3 is 0 Å². The fourth-order valence-electron chi connectivity index (χ4n) is 1.96. The van der Waals surface area contributed by atoms with Crippen molar-refractivity contribution in [3.05, 3.63) is 24.0 Å². The number of aromatic nitrogens is 1. The number of sulfonamides is 1. The molecule has 1 aliphatic rings. The summed E-state index contributed by atoms with van der Waals surface area (Å²) in [6.07, 6.45) is 1.45. The second kappa shape index (κ2) is 5.31. The van der Waals surface area contributed by atoms with E-state index in [-0.39, 0.29) is 17.5 Å². The highest BCUT2D eigenvalue weighted by molar-refractivity contribution is 7.89. The van der Waals surface area contributed by atoms with Crippen molar-refractivity contribution in [2.75, 3.05) is 19.7 Å². The van der Waals surface area contributed by atoms with E-state index in [0.717, 1.165) is 0 Å². The molecule has 1 unspecified atom stereocenters. The minimum Gasteiger partial charge on any atom is -0.376 e. The Labute approximate surface area is 107 Å². The van der Waals surface area contributed by atoms with E-state index in [9.17, 15) is 8.42 Å². The molecular weight excluding hydrogens is 254 g/mol. The molecule has 7 heteroatoms. The summed E-state index contributed by atoms with van der Waals surface area (Å²) in [6, 6.07) is 3.15. The third-order valence-electron chi connectivity index (χ3n) is 2.86. The van der Waals surface area contributed by atoms with Crippen molar-refractivity contribution in [3.63, 3.8) is 0 Å². The van der Waals surface area contributed by atoms with Gasteiger partial charge in [-0.25, -0.2) is 8.42 Å². The molecule has 1 aromatic heterocycles. The normalized spacial score (nSPS) is 22.0. The number of ether oxygens (including phenoxy) is 1. The van der Waals surface area contributed by atoms with E-state index in [1.165, 1.54) is 4.31 Å². The van der Waals surface area contributed by atoms with Crippen molar-refractivity contribution in [1.82, 2.24) is 9.29 Å². The predicted octanol–water partition coefficient (Wildman–Crippen LogP) is -0.0503. The largest absolute Gasteiger partial charge is 0.376 e. The second-order valence-corrected chi connectivity index (χ2v) is 6.10. The molecule has 1 fully saturated rings. The van der Waals surface area contributed by atoms with Gasteiger partial charge in [-0.15, -0.1) is 0 Å². The van der Waals surface area contributed by atoms with E-state index in [0.29, 0.717) is 25.4 Å². The summed E-state index contributed by atoms with van der Waals surface area (Å²) < 4.78 is 31.8. The Balaban J connectivity index is 2.35. The lowest BCUT2D eigenvalue weighted by Crippen LogP contribution is -2.44. The first kappa shape index (κ1) is 13.4. The zero-order valence-electron chi connectivity index (χ0n) is 10.2. The van der Waals surface area contributed by atoms with Crippen LogP contribution >= 0.6 is 0 Å². The van der Waals surface area contributed by atoms with E-state index in [1.54, 1.807) is 18.3 Å². The number of hydrogen-bond acceptors (Lipinski definition) is 5. The zero-order valence-corrected chi connectivity index (χ0v) is 11.1. The van der Waals surface area contributed by atoms with Gasteiger partial charge in [0, 0.05) is 25.8 Å². The molecule has 2 rings (SSSR count). The number of nitrogens with zero attached hydrogens (tertiary/aromatic N) is 2. The van der Waals surface area contributed by atoms with Gasteiger partial charge < -0.3 is 10.5 Å². The Bertz CT molecular complexity index is 518. The van der Waals surface area contributed by atoms with E-state index in [4.69, 9.17) is 10.5 Å². The van der Waals surface area contributed by atoms with Crippen LogP contribution in [0.3, 0.4) is 0 Å². The highest BCUT2D eigenvalue weighted by Gasteiger charge is 2.30. The average molecular weight is 271 g/mol. The van der Waals surface area contributed by atoms with Crippen LogP contribution < -0.4 is 5.73 Å². The predicted molar refractivity (Wildman–Crippen MR) is 66.3 cm³/mol. The molecule has 0 radical (unpaired) electrons. The van der Waals surface area contributed by atoms with Crippen LogP contribution in [-0.2, 0) is 21.3 Å². The molecule has 0 aliphatic carbocycles. The fraction of sp³-hybridized carbons (Fsp3) is 0.545. The SMILES string of the molecule is CC1CN(S(=O)(=O)c2cccnc2CN)CCO1. The van der Waals surface area contributed by atoms with Crippen molar-refractivity contribution in [2.24, 2.45) is 5.73 Å². The average Bonchev–Trinajstić information content (AvgIpc) is 2.38. The molecule has 1 aliphatic heterocycles. The Morgan fingerprint density at radius 2 is 2.39 bits per heavy atom.